The molecule has 29 heavy (non-hydrogen) atoms. The maximum Gasteiger partial charge on any atom is 0.293 e. The van der Waals surface area contributed by atoms with Crippen molar-refractivity contribution in [1.29, 1.82) is 0 Å². The van der Waals surface area contributed by atoms with Crippen molar-refractivity contribution in [3.63, 3.8) is 0 Å². The van der Waals surface area contributed by atoms with Gasteiger partial charge >= 0.3 is 0 Å². The third kappa shape index (κ3) is 4.55. The maximum absolute atomic E-state index is 12.7. The summed E-state index contributed by atoms with van der Waals surface area (Å²) in [6.07, 6.45) is 1.59. The van der Waals surface area contributed by atoms with Crippen LogP contribution in [0.2, 0.25) is 10.0 Å². The number of carbonyl (C=O) groups excluding carboxylic acids is 2. The number of thioether (sulfide) groups is 1. The molecule has 2 heterocycles. The molecule has 4 rings (SSSR count). The van der Waals surface area contributed by atoms with Gasteiger partial charge in [-0.2, -0.15) is 0 Å². The molecule has 0 saturated carbocycles. The Labute approximate surface area is 195 Å². The summed E-state index contributed by atoms with van der Waals surface area (Å²) < 4.78 is 6.96. The van der Waals surface area contributed by atoms with Crippen LogP contribution in [0.25, 0.3) is 17.4 Å². The molecule has 0 unspecified atom stereocenters. The first kappa shape index (κ1) is 20.5. The molecule has 8 heteroatoms. The summed E-state index contributed by atoms with van der Waals surface area (Å²) in [5, 5.41) is 0.466. The molecule has 2 aromatic carbocycles. The van der Waals surface area contributed by atoms with Gasteiger partial charge in [-0.15, -0.1) is 0 Å². The second-order valence-electron chi connectivity index (χ2n) is 6.23. The van der Waals surface area contributed by atoms with E-state index in [9.17, 15) is 9.59 Å². The fourth-order valence-electron chi connectivity index (χ4n) is 2.79. The number of hydrogen-bond acceptors (Lipinski definition) is 4. The molecule has 0 N–H and O–H groups in total. The van der Waals surface area contributed by atoms with Gasteiger partial charge in [-0.05, 0) is 76.3 Å². The third-order valence-corrected chi connectivity index (χ3v) is 6.59. The number of furan rings is 1. The zero-order chi connectivity index (χ0) is 20.5. The fraction of sp³-hybridized carbons (Fsp3) is 0.0476. The van der Waals surface area contributed by atoms with E-state index in [1.165, 1.54) is 4.90 Å². The van der Waals surface area contributed by atoms with E-state index >= 15 is 0 Å². The Morgan fingerprint density at radius 2 is 1.76 bits per heavy atom. The molecule has 0 bridgehead atoms. The molecule has 1 saturated heterocycles. The molecule has 1 aliphatic rings. The van der Waals surface area contributed by atoms with Crippen LogP contribution in [0, 0.1) is 3.57 Å². The molecule has 2 amide bonds. The van der Waals surface area contributed by atoms with Crippen molar-refractivity contribution in [2.24, 2.45) is 0 Å². The van der Waals surface area contributed by atoms with Crippen LogP contribution in [0.3, 0.4) is 0 Å². The summed E-state index contributed by atoms with van der Waals surface area (Å²) >= 11 is 15.1. The van der Waals surface area contributed by atoms with Crippen LogP contribution in [0.15, 0.2) is 63.9 Å². The molecule has 0 radical (unpaired) electrons. The average Bonchev–Trinajstić information content (AvgIpc) is 3.26. The number of nitrogens with zero attached hydrogens (tertiary/aromatic N) is 1. The highest BCUT2D eigenvalue weighted by Crippen LogP contribution is 2.35. The minimum Gasteiger partial charge on any atom is -0.457 e. The number of imide groups is 1. The highest BCUT2D eigenvalue weighted by Gasteiger charge is 2.35. The molecule has 1 aliphatic heterocycles. The Morgan fingerprint density at radius 1 is 1.00 bits per heavy atom. The number of amides is 2. The lowest BCUT2D eigenvalue weighted by Crippen LogP contribution is -2.27. The molecule has 0 aliphatic carbocycles. The Bertz CT molecular complexity index is 1140. The lowest BCUT2D eigenvalue weighted by molar-refractivity contribution is -0.123. The van der Waals surface area contributed by atoms with Crippen LogP contribution in [0.1, 0.15) is 11.3 Å². The van der Waals surface area contributed by atoms with E-state index in [1.807, 2.05) is 30.3 Å². The van der Waals surface area contributed by atoms with Gasteiger partial charge in [0.15, 0.2) is 0 Å². The summed E-state index contributed by atoms with van der Waals surface area (Å²) in [5.41, 5.74) is 1.67. The van der Waals surface area contributed by atoms with Gasteiger partial charge in [-0.25, -0.2) is 0 Å². The molecular weight excluding hydrogens is 544 g/mol. The average molecular weight is 556 g/mol. The van der Waals surface area contributed by atoms with E-state index in [2.05, 4.69) is 22.6 Å². The first-order valence-corrected chi connectivity index (χ1v) is 11.1. The molecule has 3 aromatic rings. The second kappa shape index (κ2) is 8.55. The van der Waals surface area contributed by atoms with Gasteiger partial charge in [0.05, 0.1) is 21.5 Å². The number of benzene rings is 2. The van der Waals surface area contributed by atoms with Crippen LogP contribution in [-0.4, -0.2) is 16.0 Å². The summed E-state index contributed by atoms with van der Waals surface area (Å²) in [5.74, 6) is 0.847. The molecular formula is C21H12Cl2INO3S. The van der Waals surface area contributed by atoms with Crippen molar-refractivity contribution in [2.75, 3.05) is 0 Å². The topological polar surface area (TPSA) is 50.5 Å². The minimum atomic E-state index is -0.363. The quantitative estimate of drug-likeness (QED) is 0.254. The monoisotopic (exact) mass is 555 g/mol. The Hall–Kier alpha value is -1.74. The second-order valence-corrected chi connectivity index (χ2v) is 9.28. The van der Waals surface area contributed by atoms with E-state index in [-0.39, 0.29) is 17.7 Å². The maximum atomic E-state index is 12.7. The number of halogens is 3. The molecule has 0 spiro atoms. The summed E-state index contributed by atoms with van der Waals surface area (Å²) in [6.45, 7) is 0.130. The van der Waals surface area contributed by atoms with Gasteiger partial charge in [0, 0.05) is 15.2 Å². The normalized spacial score (nSPS) is 15.6. The SMILES string of the molecule is O=C1S/C(=C\c2ccc(-c3ccc(I)cc3)o2)C(=O)N1Cc1ccc(Cl)c(Cl)c1. The highest BCUT2D eigenvalue weighted by molar-refractivity contribution is 14.1. The fourth-order valence-corrected chi connectivity index (χ4v) is 4.28. The van der Waals surface area contributed by atoms with Crippen LogP contribution in [0.5, 0.6) is 0 Å². The lowest BCUT2D eigenvalue weighted by Gasteiger charge is -2.12. The van der Waals surface area contributed by atoms with Crippen LogP contribution >= 0.6 is 57.6 Å². The summed E-state index contributed by atoms with van der Waals surface area (Å²) in [4.78, 5) is 26.5. The predicted molar refractivity (Wildman–Crippen MR) is 125 cm³/mol. The molecule has 0 atom stereocenters. The van der Waals surface area contributed by atoms with E-state index in [4.69, 9.17) is 27.6 Å². The molecule has 146 valence electrons. The van der Waals surface area contributed by atoms with Crippen LogP contribution in [0.4, 0.5) is 4.79 Å². The van der Waals surface area contributed by atoms with Crippen molar-refractivity contribution < 1.29 is 14.0 Å². The van der Waals surface area contributed by atoms with E-state index in [0.29, 0.717) is 26.5 Å². The van der Waals surface area contributed by atoms with E-state index in [0.717, 1.165) is 26.5 Å². The smallest absolute Gasteiger partial charge is 0.293 e. The zero-order valence-corrected chi connectivity index (χ0v) is 19.2. The van der Waals surface area contributed by atoms with Crippen molar-refractivity contribution in [3.8, 4) is 11.3 Å². The van der Waals surface area contributed by atoms with Crippen molar-refractivity contribution >= 4 is 74.8 Å². The third-order valence-electron chi connectivity index (χ3n) is 4.23. The van der Waals surface area contributed by atoms with Gasteiger partial charge in [0.2, 0.25) is 0 Å². The molecule has 1 fully saturated rings. The lowest BCUT2D eigenvalue weighted by atomic mass is 10.2. The predicted octanol–water partition coefficient (Wildman–Crippen LogP) is 7.09. The van der Waals surface area contributed by atoms with Gasteiger partial charge in [0.1, 0.15) is 11.5 Å². The Kier molecular flexibility index (Phi) is 6.06. The first-order chi connectivity index (χ1) is 13.9. The van der Waals surface area contributed by atoms with E-state index < -0.39 is 0 Å². The van der Waals surface area contributed by atoms with Crippen LogP contribution in [-0.2, 0) is 11.3 Å². The minimum absolute atomic E-state index is 0.130. The van der Waals surface area contributed by atoms with Crippen LogP contribution < -0.4 is 0 Å². The number of carbonyl (C=O) groups is 2. The van der Waals surface area contributed by atoms with E-state index in [1.54, 1.807) is 30.3 Å². The number of hydrogen-bond donors (Lipinski definition) is 0. The van der Waals surface area contributed by atoms with Gasteiger partial charge in [0.25, 0.3) is 11.1 Å². The van der Waals surface area contributed by atoms with Gasteiger partial charge < -0.3 is 4.42 Å². The largest absolute Gasteiger partial charge is 0.457 e. The Balaban J connectivity index is 1.53. The first-order valence-electron chi connectivity index (χ1n) is 8.46. The van der Waals surface area contributed by atoms with Gasteiger partial charge in [-0.3, -0.25) is 14.5 Å². The van der Waals surface area contributed by atoms with Crippen molar-refractivity contribution in [1.82, 2.24) is 4.90 Å². The van der Waals surface area contributed by atoms with Crippen molar-refractivity contribution in [2.45, 2.75) is 6.54 Å². The molecule has 1 aromatic heterocycles. The molecule has 4 nitrogen and oxygen atoms in total. The highest BCUT2D eigenvalue weighted by atomic mass is 127. The number of rotatable bonds is 4. The zero-order valence-electron chi connectivity index (χ0n) is 14.7. The Morgan fingerprint density at radius 3 is 2.48 bits per heavy atom. The standard InChI is InChI=1S/C21H12Cl2INO3S/c22-16-7-1-12(9-17(16)23)11-25-20(26)19(29-21(25)27)10-15-6-8-18(28-15)13-2-4-14(24)5-3-13/h1-10H,11H2/b19-10-. The van der Waals surface area contributed by atoms with Gasteiger partial charge in [-0.1, -0.05) is 41.4 Å². The summed E-state index contributed by atoms with van der Waals surface area (Å²) in [6, 6.07) is 16.6. The summed E-state index contributed by atoms with van der Waals surface area (Å²) in [7, 11) is 0. The van der Waals surface area contributed by atoms with Crippen molar-refractivity contribution in [3.05, 3.63) is 84.4 Å².